The molecule has 0 fully saturated rings. The summed E-state index contributed by atoms with van der Waals surface area (Å²) in [6, 6.07) is 0. The van der Waals surface area contributed by atoms with Gasteiger partial charge in [0.25, 0.3) is 5.91 Å². The van der Waals surface area contributed by atoms with Gasteiger partial charge in [0.1, 0.15) is 0 Å². The van der Waals surface area contributed by atoms with Crippen molar-refractivity contribution in [2.75, 3.05) is 6.54 Å². The minimum absolute atomic E-state index is 0.145. The maximum Gasteiger partial charge on any atom is 0.301 e. The number of nitrogens with zero attached hydrogens (tertiary/aromatic N) is 2. The number of rotatable bonds is 3. The molecule has 0 bridgehead atoms. The van der Waals surface area contributed by atoms with Gasteiger partial charge in [0, 0.05) is 18.9 Å². The molecule has 0 atom stereocenters. The third kappa shape index (κ3) is 2.69. The zero-order chi connectivity index (χ0) is 10.6. The van der Waals surface area contributed by atoms with Crippen LogP contribution < -0.4 is 5.32 Å². The van der Waals surface area contributed by atoms with E-state index in [2.05, 4.69) is 15.3 Å². The van der Waals surface area contributed by atoms with Crippen LogP contribution in [0.4, 0.5) is 0 Å². The van der Waals surface area contributed by atoms with E-state index in [0.717, 1.165) is 0 Å². The molecule has 5 nitrogen and oxygen atoms in total. The Kier molecular flexibility index (Phi) is 3.39. The van der Waals surface area contributed by atoms with Gasteiger partial charge in [-0.1, -0.05) is 13.8 Å². The molecule has 0 aliphatic carbocycles. The van der Waals surface area contributed by atoms with Crippen LogP contribution in [0.25, 0.3) is 0 Å². The number of carbonyl (C=O) groups excluding carboxylic acids is 1. The van der Waals surface area contributed by atoms with Crippen molar-refractivity contribution in [1.82, 2.24) is 15.3 Å². The first kappa shape index (κ1) is 10.4. The monoisotopic (exact) mass is 194 g/mol. The Morgan fingerprint density at radius 1 is 1.43 bits per heavy atom. The minimum atomic E-state index is -0.589. The molecule has 0 saturated heterocycles. The second kappa shape index (κ2) is 4.55. The van der Waals surface area contributed by atoms with E-state index in [9.17, 15) is 9.90 Å². The van der Waals surface area contributed by atoms with E-state index >= 15 is 0 Å². The Morgan fingerprint density at radius 3 is 2.64 bits per heavy atom. The van der Waals surface area contributed by atoms with Crippen molar-refractivity contribution in [2.24, 2.45) is 5.92 Å². The minimum Gasteiger partial charge on any atom is -0.350 e. The molecule has 0 aliphatic rings. The molecule has 0 aromatic carbocycles. The molecule has 75 valence electrons. The number of hydrogen-bond donors (Lipinski definition) is 1. The van der Waals surface area contributed by atoms with Crippen LogP contribution in [0.3, 0.4) is 0 Å². The zero-order valence-corrected chi connectivity index (χ0v) is 8.15. The Hall–Kier alpha value is -1.65. The van der Waals surface area contributed by atoms with Crippen molar-refractivity contribution >= 4 is 5.91 Å². The van der Waals surface area contributed by atoms with Crippen LogP contribution in [-0.4, -0.2) is 22.4 Å². The summed E-state index contributed by atoms with van der Waals surface area (Å²) in [5.41, 5.74) is -0.145. The number of hydrogen-bond acceptors (Lipinski definition) is 3. The third-order valence-electron chi connectivity index (χ3n) is 1.55. The highest BCUT2D eigenvalue weighted by Gasteiger charge is 2.14. The zero-order valence-electron chi connectivity index (χ0n) is 8.15. The summed E-state index contributed by atoms with van der Waals surface area (Å²) < 4.78 is 0. The topological polar surface area (TPSA) is 74.8 Å². The predicted octanol–water partition coefficient (Wildman–Crippen LogP) is 1.01. The molecule has 1 rings (SSSR count). The van der Waals surface area contributed by atoms with E-state index in [1.54, 1.807) is 0 Å². The number of nitrogens with one attached hydrogen (secondary N) is 1. The molecular formula is C9H12N3O2. The van der Waals surface area contributed by atoms with Gasteiger partial charge in [0.2, 0.25) is 0 Å². The quantitative estimate of drug-likeness (QED) is 0.780. The SMILES string of the molecule is CC(C)CNC(=O)c1nccnc1[O]. The van der Waals surface area contributed by atoms with Gasteiger partial charge in [-0.15, -0.1) is 0 Å². The summed E-state index contributed by atoms with van der Waals surface area (Å²) in [7, 11) is 0. The Balaban J connectivity index is 2.65. The molecule has 1 aromatic heterocycles. The number of carbonyl (C=O) groups is 1. The molecule has 0 aliphatic heterocycles. The predicted molar refractivity (Wildman–Crippen MR) is 49.3 cm³/mol. The van der Waals surface area contributed by atoms with Gasteiger partial charge < -0.3 is 5.32 Å². The summed E-state index contributed by atoms with van der Waals surface area (Å²) in [4.78, 5) is 18.5. The van der Waals surface area contributed by atoms with Gasteiger partial charge in [-0.2, -0.15) is 0 Å². The summed E-state index contributed by atoms with van der Waals surface area (Å²) >= 11 is 0. The van der Waals surface area contributed by atoms with Crippen LogP contribution >= 0.6 is 0 Å². The Morgan fingerprint density at radius 2 is 2.07 bits per heavy atom. The molecule has 0 saturated carbocycles. The van der Waals surface area contributed by atoms with E-state index in [4.69, 9.17) is 0 Å². The lowest BCUT2D eigenvalue weighted by molar-refractivity contribution is 0.0938. The highest BCUT2D eigenvalue weighted by atomic mass is 16.3. The Bertz CT molecular complexity index is 326. The van der Waals surface area contributed by atoms with Crippen LogP contribution in [0.2, 0.25) is 0 Å². The standard InChI is InChI=1S/C9H12N3O2/c1-6(2)5-12-9(14)7-8(13)11-4-3-10-7/h3-4,6H,5H2,1-2H3,(H,12,14). The largest absolute Gasteiger partial charge is 0.350 e. The van der Waals surface area contributed by atoms with Crippen LogP contribution in [0.5, 0.6) is 5.88 Å². The van der Waals surface area contributed by atoms with Gasteiger partial charge in [-0.05, 0) is 5.92 Å². The van der Waals surface area contributed by atoms with Crippen LogP contribution in [0.15, 0.2) is 12.4 Å². The van der Waals surface area contributed by atoms with E-state index in [0.29, 0.717) is 12.5 Å². The average molecular weight is 194 g/mol. The lowest BCUT2D eigenvalue weighted by Gasteiger charge is -2.06. The van der Waals surface area contributed by atoms with Crippen LogP contribution in [0, 0.1) is 5.92 Å². The van der Waals surface area contributed by atoms with E-state index in [1.807, 2.05) is 13.8 Å². The van der Waals surface area contributed by atoms with E-state index in [-0.39, 0.29) is 5.69 Å². The maximum atomic E-state index is 11.4. The van der Waals surface area contributed by atoms with Gasteiger partial charge in [0.05, 0.1) is 0 Å². The molecule has 1 amide bonds. The van der Waals surface area contributed by atoms with Crippen molar-refractivity contribution in [1.29, 1.82) is 0 Å². The molecule has 1 N–H and O–H groups in total. The van der Waals surface area contributed by atoms with Crippen molar-refractivity contribution in [3.8, 4) is 5.88 Å². The van der Waals surface area contributed by atoms with E-state index in [1.165, 1.54) is 12.4 Å². The summed E-state index contributed by atoms with van der Waals surface area (Å²) in [6.45, 7) is 4.46. The lowest BCUT2D eigenvalue weighted by Crippen LogP contribution is -2.28. The average Bonchev–Trinajstić information content (AvgIpc) is 2.15. The fourth-order valence-corrected chi connectivity index (χ4v) is 0.862. The molecule has 1 radical (unpaired) electrons. The fourth-order valence-electron chi connectivity index (χ4n) is 0.862. The Labute approximate surface area is 82.2 Å². The van der Waals surface area contributed by atoms with Crippen molar-refractivity contribution in [3.63, 3.8) is 0 Å². The van der Waals surface area contributed by atoms with Crippen LogP contribution in [-0.2, 0) is 5.11 Å². The smallest absolute Gasteiger partial charge is 0.301 e. The molecular weight excluding hydrogens is 182 g/mol. The lowest BCUT2D eigenvalue weighted by atomic mass is 10.2. The molecule has 0 unspecified atom stereocenters. The normalized spacial score (nSPS) is 10.2. The van der Waals surface area contributed by atoms with Gasteiger partial charge in [-0.25, -0.2) is 9.97 Å². The third-order valence-corrected chi connectivity index (χ3v) is 1.55. The van der Waals surface area contributed by atoms with Crippen molar-refractivity contribution in [2.45, 2.75) is 13.8 Å². The van der Waals surface area contributed by atoms with Crippen molar-refractivity contribution in [3.05, 3.63) is 18.1 Å². The molecule has 14 heavy (non-hydrogen) atoms. The fraction of sp³-hybridized carbons (Fsp3) is 0.444. The summed E-state index contributed by atoms with van der Waals surface area (Å²) in [5.74, 6) is -0.712. The first-order valence-electron chi connectivity index (χ1n) is 4.37. The van der Waals surface area contributed by atoms with Gasteiger partial charge in [0.15, 0.2) is 5.69 Å². The number of aromatic nitrogens is 2. The first-order valence-corrected chi connectivity index (χ1v) is 4.37. The molecule has 1 aromatic rings. The second-order valence-electron chi connectivity index (χ2n) is 3.31. The van der Waals surface area contributed by atoms with Gasteiger partial charge in [-0.3, -0.25) is 9.90 Å². The highest BCUT2D eigenvalue weighted by Crippen LogP contribution is 2.08. The van der Waals surface area contributed by atoms with Gasteiger partial charge >= 0.3 is 5.88 Å². The molecule has 5 heteroatoms. The second-order valence-corrected chi connectivity index (χ2v) is 3.31. The summed E-state index contributed by atoms with van der Waals surface area (Å²) in [6.07, 6.45) is 2.59. The molecule has 0 spiro atoms. The maximum absolute atomic E-state index is 11.4. The first-order chi connectivity index (χ1) is 6.61. The number of amides is 1. The van der Waals surface area contributed by atoms with Crippen LogP contribution in [0.1, 0.15) is 24.3 Å². The van der Waals surface area contributed by atoms with E-state index < -0.39 is 11.8 Å². The van der Waals surface area contributed by atoms with Crippen molar-refractivity contribution < 1.29 is 9.90 Å². The summed E-state index contributed by atoms with van der Waals surface area (Å²) in [5, 5.41) is 13.7. The molecule has 1 heterocycles. The highest BCUT2D eigenvalue weighted by molar-refractivity contribution is 5.94.